The Balaban J connectivity index is 1.79. The summed E-state index contributed by atoms with van der Waals surface area (Å²) in [5.41, 5.74) is 1.41. The number of aliphatic imine (C=N–C) groups is 1. The van der Waals surface area contributed by atoms with Crippen LogP contribution in [0.4, 0.5) is 0 Å². The summed E-state index contributed by atoms with van der Waals surface area (Å²) in [6.07, 6.45) is 3.02. The number of likely N-dealkylation sites (N-methyl/N-ethyl adjacent to an activating group) is 1. The van der Waals surface area contributed by atoms with Gasteiger partial charge in [0.1, 0.15) is 5.75 Å². The maximum atomic E-state index is 5.53. The highest BCUT2D eigenvalue weighted by molar-refractivity contribution is 5.79. The van der Waals surface area contributed by atoms with Crippen molar-refractivity contribution in [2.45, 2.75) is 24.8 Å². The first-order valence-corrected chi connectivity index (χ1v) is 8.92. The van der Waals surface area contributed by atoms with Gasteiger partial charge in [-0.15, -0.1) is 0 Å². The van der Waals surface area contributed by atoms with E-state index in [1.165, 1.54) is 5.56 Å². The van der Waals surface area contributed by atoms with Crippen LogP contribution in [0.1, 0.15) is 18.4 Å². The van der Waals surface area contributed by atoms with E-state index in [9.17, 15) is 0 Å². The largest absolute Gasteiger partial charge is 0.497 e. The van der Waals surface area contributed by atoms with Gasteiger partial charge < -0.3 is 25.0 Å². The Morgan fingerprint density at radius 1 is 1.20 bits per heavy atom. The van der Waals surface area contributed by atoms with E-state index in [0.29, 0.717) is 0 Å². The van der Waals surface area contributed by atoms with Crippen molar-refractivity contribution in [3.8, 4) is 5.75 Å². The maximum absolute atomic E-state index is 5.53. The number of benzene rings is 1. The molecule has 0 atom stereocenters. The molecule has 1 aliphatic heterocycles. The topological polar surface area (TPSA) is 58.1 Å². The number of hydrogen-bond acceptors (Lipinski definition) is 4. The van der Waals surface area contributed by atoms with Gasteiger partial charge in [0.15, 0.2) is 5.96 Å². The van der Waals surface area contributed by atoms with E-state index in [4.69, 9.17) is 9.47 Å². The van der Waals surface area contributed by atoms with E-state index < -0.39 is 0 Å². The molecule has 2 N–H and O–H groups in total. The zero-order valence-electron chi connectivity index (χ0n) is 16.0. The highest BCUT2D eigenvalue weighted by Crippen LogP contribution is 2.24. The molecule has 0 amide bonds. The van der Waals surface area contributed by atoms with Crippen LogP contribution in [-0.4, -0.2) is 71.0 Å². The predicted octanol–water partition coefficient (Wildman–Crippen LogP) is 1.51. The van der Waals surface area contributed by atoms with Crippen molar-refractivity contribution in [1.29, 1.82) is 0 Å². The summed E-state index contributed by atoms with van der Waals surface area (Å²) in [4.78, 5) is 6.66. The number of methoxy groups -OCH3 is 1. The Bertz CT molecular complexity index is 537. The summed E-state index contributed by atoms with van der Waals surface area (Å²) in [6.45, 7) is 3.35. The van der Waals surface area contributed by atoms with Gasteiger partial charge in [-0.3, -0.25) is 4.99 Å². The van der Waals surface area contributed by atoms with Gasteiger partial charge in [0, 0.05) is 38.9 Å². The van der Waals surface area contributed by atoms with Crippen LogP contribution in [0.3, 0.4) is 0 Å². The van der Waals surface area contributed by atoms with E-state index in [1.54, 1.807) is 7.11 Å². The molecule has 1 saturated heterocycles. The molecule has 0 bridgehead atoms. The molecule has 1 aromatic carbocycles. The van der Waals surface area contributed by atoms with Crippen LogP contribution in [0, 0.1) is 0 Å². The first-order valence-electron chi connectivity index (χ1n) is 8.92. The van der Waals surface area contributed by atoms with Crippen LogP contribution in [-0.2, 0) is 11.2 Å². The van der Waals surface area contributed by atoms with Gasteiger partial charge >= 0.3 is 0 Å². The molecule has 2 rings (SSSR count). The zero-order chi connectivity index (χ0) is 18.1. The lowest BCUT2D eigenvalue weighted by Crippen LogP contribution is -2.57. The average Bonchev–Trinajstić information content (AvgIpc) is 2.65. The third-order valence-corrected chi connectivity index (χ3v) is 5.05. The predicted molar refractivity (Wildman–Crippen MR) is 103 cm³/mol. The Kier molecular flexibility index (Phi) is 7.52. The van der Waals surface area contributed by atoms with Crippen molar-refractivity contribution in [3.63, 3.8) is 0 Å². The van der Waals surface area contributed by atoms with E-state index in [0.717, 1.165) is 57.3 Å². The normalized spacial score (nSPS) is 17.4. The van der Waals surface area contributed by atoms with Gasteiger partial charge in [-0.1, -0.05) is 12.1 Å². The Morgan fingerprint density at radius 2 is 1.88 bits per heavy atom. The van der Waals surface area contributed by atoms with Crippen LogP contribution < -0.4 is 15.4 Å². The van der Waals surface area contributed by atoms with E-state index in [2.05, 4.69) is 46.8 Å². The monoisotopic (exact) mass is 348 g/mol. The van der Waals surface area contributed by atoms with Crippen molar-refractivity contribution < 1.29 is 9.47 Å². The minimum Gasteiger partial charge on any atom is -0.497 e. The molecular weight excluding hydrogens is 316 g/mol. The summed E-state index contributed by atoms with van der Waals surface area (Å²) in [7, 11) is 7.79. The molecule has 0 aliphatic carbocycles. The first kappa shape index (κ1) is 19.5. The molecule has 25 heavy (non-hydrogen) atoms. The third-order valence-electron chi connectivity index (χ3n) is 5.05. The minimum absolute atomic E-state index is 0.131. The number of rotatable bonds is 7. The molecule has 0 radical (unpaired) electrons. The zero-order valence-corrected chi connectivity index (χ0v) is 16.0. The lowest BCUT2D eigenvalue weighted by molar-refractivity contribution is -0.00500. The molecule has 0 saturated carbocycles. The number of hydrogen-bond donors (Lipinski definition) is 2. The highest BCUT2D eigenvalue weighted by Gasteiger charge is 2.34. The van der Waals surface area contributed by atoms with Gasteiger partial charge in [-0.2, -0.15) is 0 Å². The number of guanidine groups is 1. The van der Waals surface area contributed by atoms with Crippen molar-refractivity contribution >= 4 is 5.96 Å². The standard InChI is InChI=1S/C19H32N4O2/c1-20-18(21-12-9-16-5-7-17(24-4)8-6-16)22-15-19(23(2)3)10-13-25-14-11-19/h5-8H,9-15H2,1-4H3,(H2,20,21,22). The lowest BCUT2D eigenvalue weighted by Gasteiger charge is -2.43. The molecule has 1 aromatic rings. The summed E-state index contributed by atoms with van der Waals surface area (Å²) < 4.78 is 10.7. The molecule has 0 aromatic heterocycles. The molecule has 6 heteroatoms. The van der Waals surface area contributed by atoms with Gasteiger partial charge in [0.25, 0.3) is 0 Å². The fourth-order valence-electron chi connectivity index (χ4n) is 3.12. The fraction of sp³-hybridized carbons (Fsp3) is 0.632. The smallest absolute Gasteiger partial charge is 0.191 e. The number of ether oxygens (including phenoxy) is 2. The highest BCUT2D eigenvalue weighted by atomic mass is 16.5. The van der Waals surface area contributed by atoms with Crippen LogP contribution >= 0.6 is 0 Å². The molecule has 6 nitrogen and oxygen atoms in total. The second-order valence-corrected chi connectivity index (χ2v) is 6.68. The number of nitrogens with one attached hydrogen (secondary N) is 2. The van der Waals surface area contributed by atoms with E-state index in [1.807, 2.05) is 19.2 Å². The van der Waals surface area contributed by atoms with E-state index in [-0.39, 0.29) is 5.54 Å². The van der Waals surface area contributed by atoms with Gasteiger partial charge in [0.2, 0.25) is 0 Å². The Labute approximate surface area is 151 Å². The molecule has 1 fully saturated rings. The lowest BCUT2D eigenvalue weighted by atomic mass is 9.88. The summed E-state index contributed by atoms with van der Waals surface area (Å²) in [6, 6.07) is 8.18. The summed E-state index contributed by atoms with van der Waals surface area (Å²) in [5.74, 6) is 1.74. The maximum Gasteiger partial charge on any atom is 0.191 e. The average molecular weight is 348 g/mol. The van der Waals surface area contributed by atoms with Crippen molar-refractivity contribution in [3.05, 3.63) is 29.8 Å². The SMILES string of the molecule is CN=C(NCCc1ccc(OC)cc1)NCC1(N(C)C)CCOCC1. The molecule has 1 heterocycles. The Hall–Kier alpha value is -1.79. The van der Waals surface area contributed by atoms with Crippen LogP contribution in [0.15, 0.2) is 29.3 Å². The van der Waals surface area contributed by atoms with E-state index >= 15 is 0 Å². The van der Waals surface area contributed by atoms with Gasteiger partial charge in [-0.25, -0.2) is 0 Å². The molecule has 1 aliphatic rings. The second kappa shape index (κ2) is 9.63. The van der Waals surface area contributed by atoms with Gasteiger partial charge in [0.05, 0.1) is 7.11 Å². The van der Waals surface area contributed by atoms with Crippen molar-refractivity contribution in [1.82, 2.24) is 15.5 Å². The quantitative estimate of drug-likeness (QED) is 0.578. The summed E-state index contributed by atoms with van der Waals surface area (Å²) >= 11 is 0. The second-order valence-electron chi connectivity index (χ2n) is 6.68. The first-order chi connectivity index (χ1) is 12.1. The van der Waals surface area contributed by atoms with Crippen molar-refractivity contribution in [2.75, 3.05) is 54.6 Å². The summed E-state index contributed by atoms with van der Waals surface area (Å²) in [5, 5.41) is 6.89. The molecular formula is C19H32N4O2. The van der Waals surface area contributed by atoms with Crippen LogP contribution in [0.2, 0.25) is 0 Å². The fourth-order valence-corrected chi connectivity index (χ4v) is 3.12. The molecule has 0 unspecified atom stereocenters. The van der Waals surface area contributed by atoms with Crippen molar-refractivity contribution in [2.24, 2.45) is 4.99 Å². The Morgan fingerprint density at radius 3 is 2.44 bits per heavy atom. The molecule has 0 spiro atoms. The minimum atomic E-state index is 0.131. The van der Waals surface area contributed by atoms with Crippen LogP contribution in [0.25, 0.3) is 0 Å². The number of nitrogens with zero attached hydrogens (tertiary/aromatic N) is 2. The third kappa shape index (κ3) is 5.61. The van der Waals surface area contributed by atoms with Crippen LogP contribution in [0.5, 0.6) is 5.75 Å². The molecule has 140 valence electrons. The van der Waals surface area contributed by atoms with Gasteiger partial charge in [-0.05, 0) is 51.1 Å².